The first-order chi connectivity index (χ1) is 11.7. The van der Waals surface area contributed by atoms with Crippen LogP contribution in [0.4, 0.5) is 16.2 Å². The third kappa shape index (κ3) is 5.67. The smallest absolute Gasteiger partial charge is 0.412 e. The molecule has 2 aromatic carbocycles. The van der Waals surface area contributed by atoms with E-state index < -0.39 is 6.09 Å². The largest absolute Gasteiger partial charge is 0.436 e. The normalized spacial score (nSPS) is 9.58. The second-order valence-electron chi connectivity index (χ2n) is 5.03. The number of nitrogens with one attached hydrogen (secondary N) is 2. The fraction of sp³-hybridized carbons (Fsp3) is 0.211. The van der Waals surface area contributed by atoms with Gasteiger partial charge in [-0.25, -0.2) is 4.79 Å². The van der Waals surface area contributed by atoms with E-state index in [1.54, 1.807) is 0 Å². The van der Waals surface area contributed by atoms with E-state index >= 15 is 0 Å². The summed E-state index contributed by atoms with van der Waals surface area (Å²) in [4.78, 5) is 11.5. The summed E-state index contributed by atoms with van der Waals surface area (Å²) in [5.74, 6) is 4.91. The van der Waals surface area contributed by atoms with Crippen molar-refractivity contribution in [2.45, 2.75) is 6.42 Å². The number of hydrogen-bond acceptors (Lipinski definition) is 4. The number of rotatable bonds is 5. The molecule has 124 valence electrons. The second-order valence-corrected chi connectivity index (χ2v) is 5.03. The van der Waals surface area contributed by atoms with Crippen LogP contribution in [-0.4, -0.2) is 31.5 Å². The van der Waals surface area contributed by atoms with E-state index in [2.05, 4.69) is 34.6 Å². The molecular formula is C19H20N2O3. The Balaban J connectivity index is 1.86. The van der Waals surface area contributed by atoms with Crippen LogP contribution in [0.25, 0.3) is 0 Å². The van der Waals surface area contributed by atoms with Gasteiger partial charge in [-0.3, -0.25) is 5.32 Å². The summed E-state index contributed by atoms with van der Waals surface area (Å²) in [6.07, 6.45) is 0.253. The Bertz CT molecular complexity index is 713. The number of carbonyl (C=O) groups excluding carboxylic acids is 1. The Morgan fingerprint density at radius 3 is 2.12 bits per heavy atom. The predicted molar refractivity (Wildman–Crippen MR) is 95.1 cm³/mol. The number of amides is 1. The van der Waals surface area contributed by atoms with Gasteiger partial charge in [0.1, 0.15) is 6.61 Å². The van der Waals surface area contributed by atoms with Crippen molar-refractivity contribution in [1.82, 2.24) is 0 Å². The molecule has 1 amide bonds. The third-order valence-electron chi connectivity index (χ3n) is 3.33. The molecule has 2 rings (SSSR count). The van der Waals surface area contributed by atoms with Crippen molar-refractivity contribution in [3.63, 3.8) is 0 Å². The summed E-state index contributed by atoms with van der Waals surface area (Å²) in [6.45, 7) is -0.294. The van der Waals surface area contributed by atoms with Gasteiger partial charge >= 0.3 is 6.09 Å². The van der Waals surface area contributed by atoms with Crippen molar-refractivity contribution < 1.29 is 14.6 Å². The monoisotopic (exact) mass is 324 g/mol. The fourth-order valence-electron chi connectivity index (χ4n) is 2.09. The number of ether oxygens (including phenoxy) is 1. The first kappa shape index (κ1) is 17.4. The summed E-state index contributed by atoms with van der Waals surface area (Å²) in [5.41, 5.74) is 4.11. The van der Waals surface area contributed by atoms with Crippen molar-refractivity contribution >= 4 is 17.5 Å². The van der Waals surface area contributed by atoms with Gasteiger partial charge in [0.15, 0.2) is 6.61 Å². The Hall–Kier alpha value is -2.97. The number of aliphatic hydroxyl groups is 1. The second kappa shape index (κ2) is 9.23. The number of aliphatic hydroxyl groups excluding tert-OH is 1. The van der Waals surface area contributed by atoms with Gasteiger partial charge in [-0.1, -0.05) is 36.1 Å². The highest BCUT2D eigenvalue weighted by Crippen LogP contribution is 2.15. The summed E-state index contributed by atoms with van der Waals surface area (Å²) in [5, 5.41) is 14.2. The molecule has 2 aromatic rings. The summed E-state index contributed by atoms with van der Waals surface area (Å²) in [7, 11) is 1.89. The molecule has 0 atom stereocenters. The van der Waals surface area contributed by atoms with Gasteiger partial charge in [-0.05, 0) is 41.8 Å². The SMILES string of the molecule is CNc1ccc(Cc2ccc(NC(=O)OCC#CCO)cc2)cc1. The molecule has 0 fully saturated rings. The zero-order chi connectivity index (χ0) is 17.2. The minimum Gasteiger partial charge on any atom is -0.436 e. The van der Waals surface area contributed by atoms with E-state index in [0.717, 1.165) is 17.7 Å². The molecule has 0 aliphatic heterocycles. The number of benzene rings is 2. The first-order valence-corrected chi connectivity index (χ1v) is 7.57. The standard InChI is InChI=1S/C19H20N2O3/c1-20-17-8-4-15(5-9-17)14-16-6-10-18(11-7-16)21-19(23)24-13-3-2-12-22/h4-11,20,22H,12-14H2,1H3,(H,21,23). The maximum absolute atomic E-state index is 11.5. The van der Waals surface area contributed by atoms with Crippen LogP contribution in [0.1, 0.15) is 11.1 Å². The van der Waals surface area contributed by atoms with Crippen molar-refractivity contribution in [1.29, 1.82) is 0 Å². The zero-order valence-electron chi connectivity index (χ0n) is 13.5. The molecule has 0 saturated heterocycles. The van der Waals surface area contributed by atoms with Crippen LogP contribution in [0.5, 0.6) is 0 Å². The van der Waals surface area contributed by atoms with Crippen molar-refractivity contribution in [2.75, 3.05) is 30.9 Å². The van der Waals surface area contributed by atoms with Gasteiger partial charge in [-0.15, -0.1) is 0 Å². The lowest BCUT2D eigenvalue weighted by atomic mass is 10.0. The fourth-order valence-corrected chi connectivity index (χ4v) is 2.09. The molecule has 0 bridgehead atoms. The van der Waals surface area contributed by atoms with Crippen LogP contribution in [0.2, 0.25) is 0 Å². The Morgan fingerprint density at radius 1 is 1.00 bits per heavy atom. The Morgan fingerprint density at radius 2 is 1.58 bits per heavy atom. The average molecular weight is 324 g/mol. The molecule has 24 heavy (non-hydrogen) atoms. The number of carbonyl (C=O) groups is 1. The average Bonchev–Trinajstić information content (AvgIpc) is 2.61. The van der Waals surface area contributed by atoms with E-state index in [1.165, 1.54) is 5.56 Å². The topological polar surface area (TPSA) is 70.6 Å². The van der Waals surface area contributed by atoms with E-state index in [9.17, 15) is 4.79 Å². The highest BCUT2D eigenvalue weighted by atomic mass is 16.5. The van der Waals surface area contributed by atoms with E-state index in [0.29, 0.717) is 5.69 Å². The molecule has 0 aliphatic rings. The lowest BCUT2D eigenvalue weighted by Gasteiger charge is -2.07. The summed E-state index contributed by atoms with van der Waals surface area (Å²) >= 11 is 0. The summed E-state index contributed by atoms with van der Waals surface area (Å²) < 4.78 is 4.86. The molecule has 0 saturated carbocycles. The highest BCUT2D eigenvalue weighted by Gasteiger charge is 2.03. The molecule has 5 heteroatoms. The quantitative estimate of drug-likeness (QED) is 0.740. The van der Waals surface area contributed by atoms with E-state index in [4.69, 9.17) is 9.84 Å². The van der Waals surface area contributed by atoms with Crippen molar-refractivity contribution in [3.05, 3.63) is 59.7 Å². The summed E-state index contributed by atoms with van der Waals surface area (Å²) in [6, 6.07) is 15.9. The maximum atomic E-state index is 11.5. The third-order valence-corrected chi connectivity index (χ3v) is 3.33. The van der Waals surface area contributed by atoms with Crippen molar-refractivity contribution in [3.8, 4) is 11.8 Å². The minimum atomic E-state index is -0.572. The van der Waals surface area contributed by atoms with Gasteiger partial charge in [0, 0.05) is 18.4 Å². The van der Waals surface area contributed by atoms with Crippen LogP contribution < -0.4 is 10.6 Å². The van der Waals surface area contributed by atoms with Gasteiger partial charge in [0.05, 0.1) is 0 Å². The Kier molecular flexibility index (Phi) is 6.69. The van der Waals surface area contributed by atoms with Gasteiger partial charge in [-0.2, -0.15) is 0 Å². The van der Waals surface area contributed by atoms with E-state index in [1.807, 2.05) is 43.4 Å². The lowest BCUT2D eigenvalue weighted by molar-refractivity contribution is 0.176. The van der Waals surface area contributed by atoms with Gasteiger partial charge < -0.3 is 15.2 Å². The van der Waals surface area contributed by atoms with Crippen LogP contribution in [-0.2, 0) is 11.2 Å². The first-order valence-electron chi connectivity index (χ1n) is 7.57. The lowest BCUT2D eigenvalue weighted by Crippen LogP contribution is -2.13. The van der Waals surface area contributed by atoms with Crippen molar-refractivity contribution in [2.24, 2.45) is 0 Å². The Labute approximate surface area is 141 Å². The minimum absolute atomic E-state index is 0.0485. The highest BCUT2D eigenvalue weighted by molar-refractivity contribution is 5.84. The molecule has 0 aromatic heterocycles. The molecular weight excluding hydrogens is 304 g/mol. The van der Waals surface area contributed by atoms with Crippen LogP contribution in [0, 0.1) is 11.8 Å². The van der Waals surface area contributed by atoms with Crippen LogP contribution >= 0.6 is 0 Å². The van der Waals surface area contributed by atoms with Gasteiger partial charge in [0.2, 0.25) is 0 Å². The molecule has 5 nitrogen and oxygen atoms in total. The molecule has 0 spiro atoms. The molecule has 3 N–H and O–H groups in total. The maximum Gasteiger partial charge on any atom is 0.412 e. The number of anilines is 2. The van der Waals surface area contributed by atoms with Gasteiger partial charge in [0.25, 0.3) is 0 Å². The molecule has 0 unspecified atom stereocenters. The predicted octanol–water partition coefficient (Wildman–Crippen LogP) is 2.86. The molecule has 0 radical (unpaired) electrons. The zero-order valence-corrected chi connectivity index (χ0v) is 13.5. The molecule has 0 heterocycles. The number of hydrogen-bond donors (Lipinski definition) is 3. The van der Waals surface area contributed by atoms with Crippen LogP contribution in [0.3, 0.4) is 0 Å². The van der Waals surface area contributed by atoms with Crippen LogP contribution in [0.15, 0.2) is 48.5 Å². The molecule has 0 aliphatic carbocycles. The van der Waals surface area contributed by atoms with E-state index in [-0.39, 0.29) is 13.2 Å².